The monoisotopic (exact) mass is 416 g/mol. The lowest BCUT2D eigenvalue weighted by Gasteiger charge is -2.09. The Morgan fingerprint density at radius 1 is 1.00 bits per heavy atom. The lowest BCUT2D eigenvalue weighted by Crippen LogP contribution is -2.30. The third kappa shape index (κ3) is 4.61. The number of aromatic nitrogens is 6. The summed E-state index contributed by atoms with van der Waals surface area (Å²) in [5.41, 5.74) is 4.18. The van der Waals surface area contributed by atoms with Gasteiger partial charge in [-0.25, -0.2) is 14.6 Å². The van der Waals surface area contributed by atoms with Crippen molar-refractivity contribution in [2.45, 2.75) is 13.8 Å². The Kier molecular flexibility index (Phi) is 5.74. The summed E-state index contributed by atoms with van der Waals surface area (Å²) in [4.78, 5) is 21.1. The van der Waals surface area contributed by atoms with Gasteiger partial charge in [0.15, 0.2) is 5.82 Å². The number of anilines is 1. The zero-order valence-electron chi connectivity index (χ0n) is 17.7. The smallest absolute Gasteiger partial charge is 0.269 e. The quantitative estimate of drug-likeness (QED) is 0.449. The molecule has 0 bridgehead atoms. The van der Waals surface area contributed by atoms with Gasteiger partial charge in [0.25, 0.3) is 5.91 Å². The first-order chi connectivity index (χ1) is 15.0. The maximum Gasteiger partial charge on any atom is 0.269 e. The minimum atomic E-state index is -0.176. The van der Waals surface area contributed by atoms with E-state index in [1.807, 2.05) is 56.3 Å². The molecule has 0 saturated heterocycles. The van der Waals surface area contributed by atoms with Gasteiger partial charge < -0.3 is 10.6 Å². The van der Waals surface area contributed by atoms with Gasteiger partial charge in [-0.15, -0.1) is 0 Å². The average Bonchev–Trinajstić information content (AvgIpc) is 3.33. The first-order valence-corrected chi connectivity index (χ1v) is 9.98. The number of rotatable bonds is 7. The van der Waals surface area contributed by atoms with E-state index in [9.17, 15) is 4.79 Å². The fraction of sp³-hybridized carbons (Fsp3) is 0.227. The minimum absolute atomic E-state index is 0.176. The van der Waals surface area contributed by atoms with Gasteiger partial charge in [-0.2, -0.15) is 10.2 Å². The number of aryl methyl sites for hydroxylation is 3. The molecule has 3 heterocycles. The van der Waals surface area contributed by atoms with Crippen LogP contribution in [0.5, 0.6) is 0 Å². The van der Waals surface area contributed by atoms with E-state index in [2.05, 4.69) is 30.8 Å². The van der Waals surface area contributed by atoms with Crippen molar-refractivity contribution in [2.75, 3.05) is 18.4 Å². The predicted molar refractivity (Wildman–Crippen MR) is 118 cm³/mol. The Hall–Kier alpha value is -4.01. The summed E-state index contributed by atoms with van der Waals surface area (Å²) in [6.07, 6.45) is 1.49. The molecule has 0 spiro atoms. The van der Waals surface area contributed by atoms with E-state index in [-0.39, 0.29) is 5.91 Å². The average molecular weight is 416 g/mol. The Labute approximate surface area is 180 Å². The van der Waals surface area contributed by atoms with E-state index in [1.165, 1.54) is 6.33 Å². The standard InChI is InChI=1S/C22H24N8O/c1-15-11-16(2)30(27-15)21-13-20(25-14-26-21)23-9-10-24-22(31)19-12-18(28-29(19)3)17-7-5-4-6-8-17/h4-8,11-14H,9-10H2,1-3H3,(H,24,31)(H,23,25,26). The molecular formula is C22H24N8O. The molecule has 0 radical (unpaired) electrons. The van der Waals surface area contributed by atoms with Gasteiger partial charge in [-0.1, -0.05) is 30.3 Å². The Morgan fingerprint density at radius 3 is 2.55 bits per heavy atom. The molecule has 31 heavy (non-hydrogen) atoms. The normalized spacial score (nSPS) is 10.8. The van der Waals surface area contributed by atoms with E-state index in [0.717, 1.165) is 22.6 Å². The largest absolute Gasteiger partial charge is 0.368 e. The second kappa shape index (κ2) is 8.78. The van der Waals surface area contributed by atoms with Gasteiger partial charge in [0, 0.05) is 37.5 Å². The number of amides is 1. The van der Waals surface area contributed by atoms with E-state index in [4.69, 9.17) is 0 Å². The van der Waals surface area contributed by atoms with Crippen LogP contribution in [0, 0.1) is 13.8 Å². The van der Waals surface area contributed by atoms with Gasteiger partial charge in [-0.3, -0.25) is 9.48 Å². The summed E-state index contributed by atoms with van der Waals surface area (Å²) in [6, 6.07) is 15.4. The molecule has 0 fully saturated rings. The first-order valence-electron chi connectivity index (χ1n) is 9.98. The van der Waals surface area contributed by atoms with Crippen molar-refractivity contribution in [3.05, 3.63) is 71.9 Å². The van der Waals surface area contributed by atoms with Crippen molar-refractivity contribution in [1.29, 1.82) is 0 Å². The molecule has 1 aromatic carbocycles. The van der Waals surface area contributed by atoms with Gasteiger partial charge in [0.2, 0.25) is 0 Å². The van der Waals surface area contributed by atoms with Crippen LogP contribution in [0.3, 0.4) is 0 Å². The number of carbonyl (C=O) groups excluding carboxylic acids is 1. The summed E-state index contributed by atoms with van der Waals surface area (Å²) in [6.45, 7) is 4.87. The molecular weight excluding hydrogens is 392 g/mol. The third-order valence-electron chi connectivity index (χ3n) is 4.78. The van der Waals surface area contributed by atoms with E-state index < -0.39 is 0 Å². The van der Waals surface area contributed by atoms with E-state index in [0.29, 0.717) is 30.4 Å². The highest BCUT2D eigenvalue weighted by Crippen LogP contribution is 2.18. The third-order valence-corrected chi connectivity index (χ3v) is 4.78. The van der Waals surface area contributed by atoms with Crippen molar-refractivity contribution >= 4 is 11.7 Å². The van der Waals surface area contributed by atoms with Crippen LogP contribution in [0.1, 0.15) is 21.9 Å². The van der Waals surface area contributed by atoms with Crippen LogP contribution in [0.15, 0.2) is 54.9 Å². The van der Waals surface area contributed by atoms with E-state index in [1.54, 1.807) is 22.5 Å². The van der Waals surface area contributed by atoms with Crippen LogP contribution >= 0.6 is 0 Å². The highest BCUT2D eigenvalue weighted by Gasteiger charge is 2.14. The summed E-state index contributed by atoms with van der Waals surface area (Å²) in [7, 11) is 1.76. The molecule has 4 aromatic rings. The molecule has 9 heteroatoms. The number of hydrogen-bond donors (Lipinski definition) is 2. The molecule has 0 aliphatic heterocycles. The van der Waals surface area contributed by atoms with Crippen molar-refractivity contribution in [3.8, 4) is 17.1 Å². The summed E-state index contributed by atoms with van der Waals surface area (Å²) < 4.78 is 3.37. The molecule has 0 unspecified atom stereocenters. The number of nitrogens with one attached hydrogen (secondary N) is 2. The van der Waals surface area contributed by atoms with Gasteiger partial charge >= 0.3 is 0 Å². The number of carbonyl (C=O) groups is 1. The fourth-order valence-corrected chi connectivity index (χ4v) is 3.31. The predicted octanol–water partition coefficient (Wildman–Crippen LogP) is 2.52. The zero-order valence-corrected chi connectivity index (χ0v) is 17.7. The van der Waals surface area contributed by atoms with Crippen molar-refractivity contribution in [3.63, 3.8) is 0 Å². The minimum Gasteiger partial charge on any atom is -0.368 e. The maximum atomic E-state index is 12.6. The number of hydrogen-bond acceptors (Lipinski definition) is 6. The molecule has 0 saturated carbocycles. The zero-order chi connectivity index (χ0) is 21.8. The highest BCUT2D eigenvalue weighted by molar-refractivity contribution is 5.93. The summed E-state index contributed by atoms with van der Waals surface area (Å²) in [5, 5.41) is 15.0. The van der Waals surface area contributed by atoms with Crippen LogP contribution in [-0.2, 0) is 7.05 Å². The lowest BCUT2D eigenvalue weighted by molar-refractivity contribution is 0.0946. The maximum absolute atomic E-state index is 12.6. The van der Waals surface area contributed by atoms with Gasteiger partial charge in [-0.05, 0) is 26.0 Å². The Bertz CT molecular complexity index is 1200. The van der Waals surface area contributed by atoms with Crippen molar-refractivity contribution in [2.24, 2.45) is 7.05 Å². The fourth-order valence-electron chi connectivity index (χ4n) is 3.31. The Morgan fingerprint density at radius 2 is 1.81 bits per heavy atom. The van der Waals surface area contributed by atoms with Crippen LogP contribution < -0.4 is 10.6 Å². The van der Waals surface area contributed by atoms with Gasteiger partial charge in [0.05, 0.1) is 11.4 Å². The lowest BCUT2D eigenvalue weighted by atomic mass is 10.1. The molecule has 2 N–H and O–H groups in total. The molecule has 158 valence electrons. The molecule has 4 rings (SSSR count). The van der Waals surface area contributed by atoms with Crippen LogP contribution in [0.25, 0.3) is 17.1 Å². The van der Waals surface area contributed by atoms with Crippen molar-refractivity contribution in [1.82, 2.24) is 34.8 Å². The molecule has 1 amide bonds. The number of benzene rings is 1. The number of nitrogens with zero attached hydrogens (tertiary/aromatic N) is 6. The Balaban J connectivity index is 1.33. The molecule has 0 aliphatic carbocycles. The topological polar surface area (TPSA) is 103 Å². The summed E-state index contributed by atoms with van der Waals surface area (Å²) >= 11 is 0. The van der Waals surface area contributed by atoms with Crippen molar-refractivity contribution < 1.29 is 4.79 Å². The van der Waals surface area contributed by atoms with E-state index >= 15 is 0 Å². The first kappa shape index (κ1) is 20.3. The SMILES string of the molecule is Cc1cc(C)n(-c2cc(NCCNC(=O)c3cc(-c4ccccc4)nn3C)ncn2)n1. The highest BCUT2D eigenvalue weighted by atomic mass is 16.2. The molecule has 0 aliphatic rings. The molecule has 9 nitrogen and oxygen atoms in total. The summed E-state index contributed by atoms with van der Waals surface area (Å²) in [5.74, 6) is 1.18. The van der Waals surface area contributed by atoms with Crippen LogP contribution in [0.4, 0.5) is 5.82 Å². The molecule has 3 aromatic heterocycles. The van der Waals surface area contributed by atoms with Gasteiger partial charge in [0.1, 0.15) is 17.8 Å². The molecule has 0 atom stereocenters. The second-order valence-corrected chi connectivity index (χ2v) is 7.19. The van der Waals surface area contributed by atoms with Crippen LogP contribution in [-0.4, -0.2) is 48.5 Å². The van der Waals surface area contributed by atoms with Crippen LogP contribution in [0.2, 0.25) is 0 Å². The second-order valence-electron chi connectivity index (χ2n) is 7.19.